The normalized spacial score (nSPS) is 16.4. The van der Waals surface area contributed by atoms with E-state index in [2.05, 4.69) is 24.5 Å². The molecule has 2 N–H and O–H groups in total. The molecule has 1 aromatic carbocycles. The summed E-state index contributed by atoms with van der Waals surface area (Å²) in [6.45, 7) is 6.07. The lowest BCUT2D eigenvalue weighted by Gasteiger charge is -2.15. The zero-order valence-electron chi connectivity index (χ0n) is 12.1. The van der Waals surface area contributed by atoms with Gasteiger partial charge in [0.25, 0.3) is 5.91 Å². The Balaban J connectivity index is 1.89. The molecule has 1 aromatic rings. The molecule has 0 aromatic heterocycles. The van der Waals surface area contributed by atoms with Crippen LogP contribution in [-0.4, -0.2) is 26.0 Å². The van der Waals surface area contributed by atoms with Crippen LogP contribution in [0.25, 0.3) is 0 Å². The number of carbonyl (C=O) groups excluding carboxylic acids is 1. The van der Waals surface area contributed by atoms with Crippen LogP contribution in [0.3, 0.4) is 0 Å². The van der Waals surface area contributed by atoms with E-state index in [1.807, 2.05) is 31.3 Å². The van der Waals surface area contributed by atoms with Gasteiger partial charge in [0.1, 0.15) is 0 Å². The Labute approximate surface area is 115 Å². The number of nitrogens with one attached hydrogen (secondary N) is 2. The van der Waals surface area contributed by atoms with Crippen molar-refractivity contribution >= 4 is 5.91 Å². The van der Waals surface area contributed by atoms with Crippen LogP contribution >= 0.6 is 0 Å². The molecule has 0 bridgehead atoms. The van der Waals surface area contributed by atoms with Crippen LogP contribution in [0.1, 0.15) is 48.5 Å². The zero-order chi connectivity index (χ0) is 13.9. The van der Waals surface area contributed by atoms with Gasteiger partial charge in [-0.05, 0) is 43.5 Å². The van der Waals surface area contributed by atoms with Crippen LogP contribution in [-0.2, 0) is 0 Å². The number of amides is 1. The molecule has 0 heterocycles. The average Bonchev–Trinajstić information content (AvgIpc) is 3.17. The van der Waals surface area contributed by atoms with Crippen LogP contribution in [0.4, 0.5) is 0 Å². The van der Waals surface area contributed by atoms with E-state index in [1.165, 1.54) is 18.4 Å². The van der Waals surface area contributed by atoms with Crippen molar-refractivity contribution in [3.8, 4) is 0 Å². The second kappa shape index (κ2) is 5.74. The first-order chi connectivity index (χ1) is 9.06. The highest BCUT2D eigenvalue weighted by molar-refractivity contribution is 5.94. The quantitative estimate of drug-likeness (QED) is 0.825. The van der Waals surface area contributed by atoms with Gasteiger partial charge in [-0.1, -0.05) is 26.0 Å². The number of rotatable bonds is 6. The fourth-order valence-electron chi connectivity index (χ4n) is 2.36. The van der Waals surface area contributed by atoms with E-state index in [4.69, 9.17) is 0 Å². The molecule has 0 atom stereocenters. The van der Waals surface area contributed by atoms with Crippen molar-refractivity contribution in [2.24, 2.45) is 5.41 Å². The lowest BCUT2D eigenvalue weighted by atomic mass is 10.0. The highest BCUT2D eigenvalue weighted by Crippen LogP contribution is 2.44. The Morgan fingerprint density at radius 2 is 1.84 bits per heavy atom. The molecule has 1 aliphatic carbocycles. The molecule has 1 fully saturated rings. The Bertz CT molecular complexity index is 433. The number of hydrogen-bond donors (Lipinski definition) is 2. The first-order valence-corrected chi connectivity index (χ1v) is 7.09. The maximum Gasteiger partial charge on any atom is 0.251 e. The maximum atomic E-state index is 12.1. The standard InChI is InChI=1S/C16H24N2O/c1-12(2)13-4-6-14(7-5-13)15(19)18-11-16(8-9-16)10-17-3/h4-7,12,17H,8-11H2,1-3H3,(H,18,19). The van der Waals surface area contributed by atoms with Gasteiger partial charge in [0, 0.05) is 24.1 Å². The summed E-state index contributed by atoms with van der Waals surface area (Å²) in [6, 6.07) is 7.92. The lowest BCUT2D eigenvalue weighted by Crippen LogP contribution is -2.34. The van der Waals surface area contributed by atoms with Crippen LogP contribution in [0.15, 0.2) is 24.3 Å². The molecule has 0 radical (unpaired) electrons. The van der Waals surface area contributed by atoms with E-state index in [-0.39, 0.29) is 5.91 Å². The minimum Gasteiger partial charge on any atom is -0.351 e. The van der Waals surface area contributed by atoms with Crippen molar-refractivity contribution in [2.45, 2.75) is 32.6 Å². The molecule has 0 spiro atoms. The third-order valence-corrected chi connectivity index (χ3v) is 3.97. The van der Waals surface area contributed by atoms with Crippen molar-refractivity contribution in [1.29, 1.82) is 0 Å². The Morgan fingerprint density at radius 3 is 2.32 bits per heavy atom. The Kier molecular flexibility index (Phi) is 4.25. The van der Waals surface area contributed by atoms with Crippen molar-refractivity contribution in [3.05, 3.63) is 35.4 Å². The summed E-state index contributed by atoms with van der Waals surface area (Å²) in [5.74, 6) is 0.542. The summed E-state index contributed by atoms with van der Waals surface area (Å²) < 4.78 is 0. The van der Waals surface area contributed by atoms with E-state index in [1.54, 1.807) is 0 Å². The zero-order valence-corrected chi connectivity index (χ0v) is 12.1. The van der Waals surface area contributed by atoms with Gasteiger partial charge in [-0.15, -0.1) is 0 Å². The molecule has 3 nitrogen and oxygen atoms in total. The molecular formula is C16H24N2O. The van der Waals surface area contributed by atoms with Gasteiger partial charge in [0.15, 0.2) is 0 Å². The third-order valence-electron chi connectivity index (χ3n) is 3.97. The summed E-state index contributed by atoms with van der Waals surface area (Å²) >= 11 is 0. The van der Waals surface area contributed by atoms with Gasteiger partial charge in [-0.25, -0.2) is 0 Å². The van der Waals surface area contributed by atoms with Crippen molar-refractivity contribution in [2.75, 3.05) is 20.1 Å². The van der Waals surface area contributed by atoms with Gasteiger partial charge in [0.05, 0.1) is 0 Å². The SMILES string of the molecule is CNCC1(CNC(=O)c2ccc(C(C)C)cc2)CC1. The largest absolute Gasteiger partial charge is 0.351 e. The molecule has 2 rings (SSSR count). The molecule has 104 valence electrons. The second-order valence-electron chi connectivity index (χ2n) is 5.99. The summed E-state index contributed by atoms with van der Waals surface area (Å²) in [6.07, 6.45) is 2.42. The summed E-state index contributed by atoms with van der Waals surface area (Å²) in [5, 5.41) is 6.26. The van der Waals surface area contributed by atoms with Crippen molar-refractivity contribution in [3.63, 3.8) is 0 Å². The van der Waals surface area contributed by atoms with Gasteiger partial charge >= 0.3 is 0 Å². The number of benzene rings is 1. The van der Waals surface area contributed by atoms with E-state index in [9.17, 15) is 4.79 Å². The molecule has 1 aliphatic rings. The molecule has 0 saturated heterocycles. The third kappa shape index (κ3) is 3.57. The maximum absolute atomic E-state index is 12.1. The van der Waals surface area contributed by atoms with Crippen LogP contribution in [0.2, 0.25) is 0 Å². The highest BCUT2D eigenvalue weighted by Gasteiger charge is 2.41. The fraction of sp³-hybridized carbons (Fsp3) is 0.562. The summed E-state index contributed by atoms with van der Waals surface area (Å²) in [7, 11) is 1.96. The minimum absolute atomic E-state index is 0.0395. The van der Waals surface area contributed by atoms with E-state index in [0.717, 1.165) is 18.7 Å². The van der Waals surface area contributed by atoms with Crippen LogP contribution in [0.5, 0.6) is 0 Å². The first kappa shape index (κ1) is 14.1. The van der Waals surface area contributed by atoms with Gasteiger partial charge < -0.3 is 10.6 Å². The average molecular weight is 260 g/mol. The molecule has 1 amide bonds. The molecule has 0 aliphatic heterocycles. The molecule has 3 heteroatoms. The van der Waals surface area contributed by atoms with Gasteiger partial charge in [0.2, 0.25) is 0 Å². The smallest absolute Gasteiger partial charge is 0.251 e. The lowest BCUT2D eigenvalue weighted by molar-refractivity contribution is 0.0945. The topological polar surface area (TPSA) is 41.1 Å². The molecule has 0 unspecified atom stereocenters. The second-order valence-corrected chi connectivity index (χ2v) is 5.99. The van der Waals surface area contributed by atoms with Crippen molar-refractivity contribution in [1.82, 2.24) is 10.6 Å². The summed E-state index contributed by atoms with van der Waals surface area (Å²) in [5.41, 5.74) is 2.33. The van der Waals surface area contributed by atoms with Crippen LogP contribution < -0.4 is 10.6 Å². The molecular weight excluding hydrogens is 236 g/mol. The van der Waals surface area contributed by atoms with E-state index in [0.29, 0.717) is 11.3 Å². The minimum atomic E-state index is 0.0395. The van der Waals surface area contributed by atoms with Crippen LogP contribution in [0, 0.1) is 5.41 Å². The monoisotopic (exact) mass is 260 g/mol. The molecule has 1 saturated carbocycles. The molecule has 19 heavy (non-hydrogen) atoms. The Hall–Kier alpha value is -1.35. The van der Waals surface area contributed by atoms with Crippen molar-refractivity contribution < 1.29 is 4.79 Å². The highest BCUT2D eigenvalue weighted by atomic mass is 16.1. The predicted octanol–water partition coefficient (Wildman–Crippen LogP) is 2.54. The van der Waals surface area contributed by atoms with Gasteiger partial charge in [-0.2, -0.15) is 0 Å². The van der Waals surface area contributed by atoms with E-state index < -0.39 is 0 Å². The first-order valence-electron chi connectivity index (χ1n) is 7.09. The predicted molar refractivity (Wildman–Crippen MR) is 78.5 cm³/mol. The fourth-order valence-corrected chi connectivity index (χ4v) is 2.36. The summed E-state index contributed by atoms with van der Waals surface area (Å²) in [4.78, 5) is 12.1. The number of carbonyl (C=O) groups is 1. The number of hydrogen-bond acceptors (Lipinski definition) is 2. The van der Waals surface area contributed by atoms with Gasteiger partial charge in [-0.3, -0.25) is 4.79 Å². The van der Waals surface area contributed by atoms with E-state index >= 15 is 0 Å². The Morgan fingerprint density at radius 1 is 1.21 bits per heavy atom.